The first-order valence-electron chi connectivity index (χ1n) is 8.51. The minimum Gasteiger partial charge on any atom is -0.493 e. The molecule has 0 aliphatic heterocycles. The zero-order chi connectivity index (χ0) is 18.7. The lowest BCUT2D eigenvalue weighted by atomic mass is 9.98. The van der Waals surface area contributed by atoms with Gasteiger partial charge in [0.1, 0.15) is 11.4 Å². The Labute approximate surface area is 145 Å². The minimum absolute atomic E-state index is 0.0766. The van der Waals surface area contributed by atoms with E-state index >= 15 is 0 Å². The van der Waals surface area contributed by atoms with E-state index in [1.54, 1.807) is 13.8 Å². The lowest BCUT2D eigenvalue weighted by molar-refractivity contribution is -0.142. The summed E-state index contributed by atoms with van der Waals surface area (Å²) in [4.78, 5) is 12.6. The summed E-state index contributed by atoms with van der Waals surface area (Å²) in [6.45, 7) is 5.81. The van der Waals surface area contributed by atoms with E-state index in [4.69, 9.17) is 9.47 Å². The molecule has 0 radical (unpaired) electrons. The average Bonchev–Trinajstić information content (AvgIpc) is 3.38. The maximum atomic E-state index is 13.2. The lowest BCUT2D eigenvalue weighted by Gasteiger charge is -2.29. The molecule has 1 saturated carbocycles. The fraction of sp³-hybridized carbons (Fsp3) is 0.611. The molecule has 140 valence electrons. The first-order chi connectivity index (χ1) is 11.7. The van der Waals surface area contributed by atoms with Crippen LogP contribution >= 0.6 is 0 Å². The van der Waals surface area contributed by atoms with Crippen LogP contribution < -0.4 is 10.1 Å². The quantitative estimate of drug-likeness (QED) is 0.736. The summed E-state index contributed by atoms with van der Waals surface area (Å²) < 4.78 is 50.4. The smallest absolute Gasteiger partial charge is 0.420 e. The van der Waals surface area contributed by atoms with E-state index in [2.05, 4.69) is 5.32 Å². The van der Waals surface area contributed by atoms with E-state index in [1.807, 2.05) is 6.92 Å². The van der Waals surface area contributed by atoms with E-state index in [-0.39, 0.29) is 24.0 Å². The number of carbonyl (C=O) groups excluding carboxylic acids is 1. The van der Waals surface area contributed by atoms with Crippen LogP contribution in [0.25, 0.3) is 0 Å². The summed E-state index contributed by atoms with van der Waals surface area (Å²) in [5.74, 6) is -0.565. The fourth-order valence-corrected chi connectivity index (χ4v) is 2.68. The van der Waals surface area contributed by atoms with Crippen molar-refractivity contribution >= 4 is 11.6 Å². The van der Waals surface area contributed by atoms with Crippen molar-refractivity contribution in [2.24, 2.45) is 5.92 Å². The molecular formula is C18H24F3NO3. The molecule has 1 aliphatic carbocycles. The molecule has 0 bridgehead atoms. The van der Waals surface area contributed by atoms with Crippen LogP contribution in [-0.2, 0) is 15.7 Å². The number of nitrogens with one attached hydrogen (secondary N) is 1. The molecule has 2 rings (SSSR count). The Morgan fingerprint density at radius 2 is 1.96 bits per heavy atom. The SMILES string of the molecule is CCCO[C@](C)(C(=O)Nc1ccc(OCC)c(C(F)(F)F)c1)C1CC1. The van der Waals surface area contributed by atoms with E-state index in [0.29, 0.717) is 6.61 Å². The highest BCUT2D eigenvalue weighted by molar-refractivity contribution is 5.97. The molecule has 0 saturated heterocycles. The largest absolute Gasteiger partial charge is 0.493 e. The highest BCUT2D eigenvalue weighted by Gasteiger charge is 2.48. The molecule has 25 heavy (non-hydrogen) atoms. The predicted molar refractivity (Wildman–Crippen MR) is 88.6 cm³/mol. The monoisotopic (exact) mass is 359 g/mol. The number of anilines is 1. The molecule has 4 nitrogen and oxygen atoms in total. The summed E-state index contributed by atoms with van der Waals surface area (Å²) >= 11 is 0. The van der Waals surface area contributed by atoms with E-state index in [9.17, 15) is 18.0 Å². The number of hydrogen-bond acceptors (Lipinski definition) is 3. The Morgan fingerprint density at radius 1 is 1.28 bits per heavy atom. The summed E-state index contributed by atoms with van der Waals surface area (Å²) in [6, 6.07) is 3.53. The van der Waals surface area contributed by atoms with Crippen molar-refractivity contribution in [2.75, 3.05) is 18.5 Å². The lowest BCUT2D eigenvalue weighted by Crippen LogP contribution is -2.45. The molecule has 0 heterocycles. The number of ether oxygens (including phenoxy) is 2. The third-order valence-corrected chi connectivity index (χ3v) is 4.26. The number of rotatable bonds is 8. The van der Waals surface area contributed by atoms with Gasteiger partial charge in [-0.15, -0.1) is 0 Å². The van der Waals surface area contributed by atoms with Crippen molar-refractivity contribution in [3.63, 3.8) is 0 Å². The van der Waals surface area contributed by atoms with E-state index in [1.165, 1.54) is 12.1 Å². The molecule has 1 N–H and O–H groups in total. The normalized spacial score (nSPS) is 17.0. The number of carbonyl (C=O) groups is 1. The number of halogens is 3. The van der Waals surface area contributed by atoms with Crippen LogP contribution in [0.5, 0.6) is 5.75 Å². The maximum Gasteiger partial charge on any atom is 0.420 e. The second-order valence-corrected chi connectivity index (χ2v) is 6.33. The molecular weight excluding hydrogens is 335 g/mol. The van der Waals surface area contributed by atoms with E-state index in [0.717, 1.165) is 25.3 Å². The number of alkyl halides is 3. The van der Waals surface area contributed by atoms with Gasteiger partial charge in [-0.2, -0.15) is 13.2 Å². The van der Waals surface area contributed by atoms with Crippen LogP contribution in [0.3, 0.4) is 0 Å². The third kappa shape index (κ3) is 4.66. The van der Waals surface area contributed by atoms with Gasteiger partial charge in [0.05, 0.1) is 12.2 Å². The topological polar surface area (TPSA) is 47.6 Å². The second-order valence-electron chi connectivity index (χ2n) is 6.33. The Balaban J connectivity index is 2.22. The number of amides is 1. The molecule has 1 fully saturated rings. The van der Waals surface area contributed by atoms with Gasteiger partial charge in [-0.25, -0.2) is 0 Å². The fourth-order valence-electron chi connectivity index (χ4n) is 2.68. The second kappa shape index (κ2) is 7.64. The Hall–Kier alpha value is -1.76. The van der Waals surface area contributed by atoms with Gasteiger partial charge < -0.3 is 14.8 Å². The van der Waals surface area contributed by atoms with Crippen molar-refractivity contribution in [2.45, 2.75) is 51.8 Å². The first kappa shape index (κ1) is 19.6. The van der Waals surface area contributed by atoms with Crippen LogP contribution in [0.4, 0.5) is 18.9 Å². The predicted octanol–water partition coefficient (Wildman–Crippen LogP) is 4.64. The van der Waals surface area contributed by atoms with Crippen LogP contribution in [0.1, 0.15) is 45.6 Å². The van der Waals surface area contributed by atoms with Gasteiger partial charge in [0.15, 0.2) is 0 Å². The van der Waals surface area contributed by atoms with Crippen LogP contribution in [0, 0.1) is 5.92 Å². The van der Waals surface area contributed by atoms with Crippen molar-refractivity contribution in [1.82, 2.24) is 0 Å². The minimum atomic E-state index is -4.57. The molecule has 0 aromatic heterocycles. The van der Waals surface area contributed by atoms with Crippen molar-refractivity contribution in [3.05, 3.63) is 23.8 Å². The third-order valence-electron chi connectivity index (χ3n) is 4.26. The highest BCUT2D eigenvalue weighted by atomic mass is 19.4. The highest BCUT2D eigenvalue weighted by Crippen LogP contribution is 2.43. The van der Waals surface area contributed by atoms with Gasteiger partial charge in [0.2, 0.25) is 0 Å². The average molecular weight is 359 g/mol. The van der Waals surface area contributed by atoms with Gasteiger partial charge in [0, 0.05) is 12.3 Å². The van der Waals surface area contributed by atoms with Crippen LogP contribution in [0.2, 0.25) is 0 Å². The standard InChI is InChI=1S/C18H24F3NO3/c1-4-10-25-17(3,12-6-7-12)16(23)22-13-8-9-15(24-5-2)14(11-13)18(19,20)21/h8-9,11-12H,4-7,10H2,1-3H3,(H,22,23)/t17-/m0/s1. The first-order valence-corrected chi connectivity index (χ1v) is 8.51. The summed E-state index contributed by atoms with van der Waals surface area (Å²) in [5.41, 5.74) is -1.85. The van der Waals surface area contributed by atoms with Gasteiger partial charge in [0.25, 0.3) is 5.91 Å². The Bertz CT molecular complexity index is 614. The molecule has 1 aromatic carbocycles. The zero-order valence-electron chi connectivity index (χ0n) is 14.7. The van der Waals surface area contributed by atoms with Gasteiger partial charge >= 0.3 is 6.18 Å². The molecule has 1 aliphatic rings. The van der Waals surface area contributed by atoms with Crippen LogP contribution in [0.15, 0.2) is 18.2 Å². The van der Waals surface area contributed by atoms with E-state index < -0.39 is 23.2 Å². The zero-order valence-corrected chi connectivity index (χ0v) is 14.7. The van der Waals surface area contributed by atoms with Crippen molar-refractivity contribution in [1.29, 1.82) is 0 Å². The number of benzene rings is 1. The summed E-state index contributed by atoms with van der Waals surface area (Å²) in [5, 5.41) is 2.58. The Morgan fingerprint density at radius 3 is 2.48 bits per heavy atom. The molecule has 0 unspecified atom stereocenters. The number of hydrogen-bond donors (Lipinski definition) is 1. The Kier molecular flexibility index (Phi) is 5.98. The van der Waals surface area contributed by atoms with Crippen molar-refractivity contribution < 1.29 is 27.4 Å². The molecule has 1 amide bonds. The molecule has 1 atom stereocenters. The maximum absolute atomic E-state index is 13.2. The summed E-state index contributed by atoms with van der Waals surface area (Å²) in [6.07, 6.45) is -2.05. The summed E-state index contributed by atoms with van der Waals surface area (Å²) in [7, 11) is 0. The molecule has 7 heteroatoms. The van der Waals surface area contributed by atoms with Gasteiger partial charge in [-0.05, 0) is 57.2 Å². The van der Waals surface area contributed by atoms with Gasteiger partial charge in [-0.1, -0.05) is 6.92 Å². The molecule has 0 spiro atoms. The van der Waals surface area contributed by atoms with Gasteiger partial charge in [-0.3, -0.25) is 4.79 Å². The van der Waals surface area contributed by atoms with Crippen LogP contribution in [-0.4, -0.2) is 24.7 Å². The molecule has 1 aromatic rings. The van der Waals surface area contributed by atoms with Crippen molar-refractivity contribution in [3.8, 4) is 5.75 Å².